The van der Waals surface area contributed by atoms with E-state index in [0.29, 0.717) is 11.6 Å². The smallest absolute Gasteiger partial charge is 0.273 e. The molecule has 0 radical (unpaired) electrons. The maximum atomic E-state index is 10.9. The average molecular weight is 312 g/mol. The van der Waals surface area contributed by atoms with Gasteiger partial charge in [-0.3, -0.25) is 15.0 Å². The van der Waals surface area contributed by atoms with Gasteiger partial charge >= 0.3 is 0 Å². The van der Waals surface area contributed by atoms with E-state index >= 15 is 0 Å². The second-order valence-corrected chi connectivity index (χ2v) is 5.78. The predicted octanol–water partition coefficient (Wildman–Crippen LogP) is 3.25. The van der Waals surface area contributed by atoms with Gasteiger partial charge in [-0.25, -0.2) is 0 Å². The van der Waals surface area contributed by atoms with E-state index in [-0.39, 0.29) is 16.5 Å². The van der Waals surface area contributed by atoms with Crippen molar-refractivity contribution in [1.82, 2.24) is 4.90 Å². The summed E-state index contributed by atoms with van der Waals surface area (Å²) in [5.74, 6) is 0.155. The highest BCUT2D eigenvalue weighted by Gasteiger charge is 2.24. The lowest BCUT2D eigenvalue weighted by Crippen LogP contribution is -2.38. The van der Waals surface area contributed by atoms with E-state index < -0.39 is 0 Å². The molecule has 1 fully saturated rings. The van der Waals surface area contributed by atoms with Crippen LogP contribution in [-0.4, -0.2) is 42.5 Å². The van der Waals surface area contributed by atoms with Crippen molar-refractivity contribution in [3.8, 4) is 0 Å². The van der Waals surface area contributed by atoms with Crippen LogP contribution in [0, 0.1) is 10.1 Å². The molecular formula is C15H22ClN3O2. The van der Waals surface area contributed by atoms with Crippen molar-refractivity contribution in [2.45, 2.75) is 31.7 Å². The van der Waals surface area contributed by atoms with E-state index in [1.165, 1.54) is 19.4 Å². The number of nitro benzene ring substituents is 1. The van der Waals surface area contributed by atoms with Crippen molar-refractivity contribution in [3.05, 3.63) is 33.9 Å². The lowest BCUT2D eigenvalue weighted by molar-refractivity contribution is -0.385. The van der Waals surface area contributed by atoms with E-state index in [9.17, 15) is 10.1 Å². The summed E-state index contributed by atoms with van der Waals surface area (Å²) in [6, 6.07) is 5.75. The first-order valence-corrected chi connectivity index (χ1v) is 7.88. The first-order chi connectivity index (χ1) is 10.1. The van der Waals surface area contributed by atoms with Gasteiger partial charge in [0.05, 0.1) is 10.8 Å². The fraction of sp³-hybridized carbons (Fsp3) is 0.600. The quantitative estimate of drug-likeness (QED) is 0.460. The molecule has 1 atom stereocenters. The molecule has 5 nitrogen and oxygen atoms in total. The monoisotopic (exact) mass is 311 g/mol. The fourth-order valence-electron chi connectivity index (χ4n) is 3.03. The van der Waals surface area contributed by atoms with Crippen LogP contribution < -0.4 is 4.90 Å². The molecule has 1 aliphatic rings. The minimum atomic E-state index is -0.378. The van der Waals surface area contributed by atoms with Gasteiger partial charge in [-0.1, -0.05) is 6.92 Å². The molecule has 21 heavy (non-hydrogen) atoms. The van der Waals surface area contributed by atoms with Crippen LogP contribution in [-0.2, 0) is 5.88 Å². The molecule has 2 rings (SSSR count). The van der Waals surface area contributed by atoms with Gasteiger partial charge in [0.2, 0.25) is 0 Å². The zero-order valence-corrected chi connectivity index (χ0v) is 13.3. The molecule has 1 aromatic carbocycles. The standard InChI is InChI=1S/C15H22ClN3O2/c1-3-18-8-4-5-14(18)11-17(2)13-6-7-15(19(20)21)12(9-13)10-16/h6-7,9,14H,3-5,8,10-11H2,1-2H3. The lowest BCUT2D eigenvalue weighted by atomic mass is 10.1. The predicted molar refractivity (Wildman–Crippen MR) is 86.2 cm³/mol. The van der Waals surface area contributed by atoms with Crippen LogP contribution in [0.3, 0.4) is 0 Å². The van der Waals surface area contributed by atoms with Crippen molar-refractivity contribution < 1.29 is 4.92 Å². The number of hydrogen-bond acceptors (Lipinski definition) is 4. The van der Waals surface area contributed by atoms with Gasteiger partial charge in [-0.15, -0.1) is 11.6 Å². The van der Waals surface area contributed by atoms with Crippen LogP contribution in [0.2, 0.25) is 0 Å². The minimum Gasteiger partial charge on any atom is -0.373 e. The van der Waals surface area contributed by atoms with Gasteiger partial charge in [0, 0.05) is 37.0 Å². The number of nitrogens with zero attached hydrogens (tertiary/aromatic N) is 3. The molecule has 0 aliphatic carbocycles. The summed E-state index contributed by atoms with van der Waals surface area (Å²) >= 11 is 5.84. The third-order valence-corrected chi connectivity index (χ3v) is 4.52. The zero-order valence-electron chi connectivity index (χ0n) is 12.6. The SMILES string of the molecule is CCN1CCCC1CN(C)c1ccc([N+](=O)[O-])c(CCl)c1. The number of nitro groups is 1. The van der Waals surface area contributed by atoms with E-state index in [4.69, 9.17) is 11.6 Å². The summed E-state index contributed by atoms with van der Waals surface area (Å²) in [4.78, 5) is 15.2. The van der Waals surface area contributed by atoms with Crippen LogP contribution in [0.4, 0.5) is 11.4 Å². The molecule has 0 amide bonds. The number of rotatable bonds is 6. The molecule has 1 unspecified atom stereocenters. The molecule has 0 saturated carbocycles. The first-order valence-electron chi connectivity index (χ1n) is 7.35. The Labute approximate surface area is 130 Å². The summed E-state index contributed by atoms with van der Waals surface area (Å²) in [6.07, 6.45) is 2.47. The Bertz CT molecular complexity index is 510. The van der Waals surface area contributed by atoms with Crippen LogP contribution in [0.5, 0.6) is 0 Å². The Hall–Kier alpha value is -1.33. The Morgan fingerprint density at radius 3 is 2.90 bits per heavy atom. The molecule has 0 spiro atoms. The van der Waals surface area contributed by atoms with Crippen LogP contribution in [0.1, 0.15) is 25.3 Å². The van der Waals surface area contributed by atoms with Crippen LogP contribution in [0.15, 0.2) is 18.2 Å². The normalized spacial score (nSPS) is 18.9. The second kappa shape index (κ2) is 7.09. The van der Waals surface area contributed by atoms with Gasteiger partial charge in [0.25, 0.3) is 5.69 Å². The van der Waals surface area contributed by atoms with Crippen molar-refractivity contribution in [2.24, 2.45) is 0 Å². The number of benzene rings is 1. The number of anilines is 1. The Morgan fingerprint density at radius 2 is 2.29 bits per heavy atom. The average Bonchev–Trinajstić information content (AvgIpc) is 2.93. The fourth-order valence-corrected chi connectivity index (χ4v) is 3.25. The number of alkyl halides is 1. The van der Waals surface area contributed by atoms with E-state index in [2.05, 4.69) is 16.7 Å². The Morgan fingerprint density at radius 1 is 1.52 bits per heavy atom. The maximum absolute atomic E-state index is 10.9. The summed E-state index contributed by atoms with van der Waals surface area (Å²) in [6.45, 7) is 5.37. The Balaban J connectivity index is 2.12. The number of halogens is 1. The number of likely N-dealkylation sites (N-methyl/N-ethyl adjacent to an activating group) is 2. The van der Waals surface area contributed by atoms with Crippen molar-refractivity contribution in [1.29, 1.82) is 0 Å². The van der Waals surface area contributed by atoms with E-state index in [1.54, 1.807) is 12.1 Å². The van der Waals surface area contributed by atoms with Gasteiger partial charge in [0.1, 0.15) is 0 Å². The Kier molecular flexibility index (Phi) is 5.42. The molecule has 1 aliphatic heterocycles. The highest BCUT2D eigenvalue weighted by Crippen LogP contribution is 2.27. The molecule has 116 valence electrons. The van der Waals surface area contributed by atoms with Crippen molar-refractivity contribution >= 4 is 23.0 Å². The number of likely N-dealkylation sites (tertiary alicyclic amines) is 1. The van der Waals surface area contributed by atoms with Gasteiger partial charge in [-0.2, -0.15) is 0 Å². The molecule has 1 aromatic rings. The molecule has 1 heterocycles. The summed E-state index contributed by atoms with van der Waals surface area (Å²) < 4.78 is 0. The zero-order chi connectivity index (χ0) is 15.4. The summed E-state index contributed by atoms with van der Waals surface area (Å²) in [5.41, 5.74) is 1.65. The van der Waals surface area contributed by atoms with Crippen LogP contribution in [0.25, 0.3) is 0 Å². The first kappa shape index (κ1) is 16.0. The molecular weight excluding hydrogens is 290 g/mol. The third-order valence-electron chi connectivity index (χ3n) is 4.23. The van der Waals surface area contributed by atoms with Crippen molar-refractivity contribution in [3.63, 3.8) is 0 Å². The third kappa shape index (κ3) is 3.66. The lowest BCUT2D eigenvalue weighted by Gasteiger charge is -2.29. The van der Waals surface area contributed by atoms with Gasteiger partial charge in [0.15, 0.2) is 0 Å². The summed E-state index contributed by atoms with van der Waals surface area (Å²) in [5, 5.41) is 10.9. The maximum Gasteiger partial charge on any atom is 0.273 e. The molecule has 0 N–H and O–H groups in total. The number of hydrogen-bond donors (Lipinski definition) is 0. The van der Waals surface area contributed by atoms with E-state index in [1.807, 2.05) is 13.1 Å². The van der Waals surface area contributed by atoms with E-state index in [0.717, 1.165) is 18.8 Å². The second-order valence-electron chi connectivity index (χ2n) is 5.51. The molecule has 0 bridgehead atoms. The molecule has 6 heteroatoms. The highest BCUT2D eigenvalue weighted by molar-refractivity contribution is 6.17. The topological polar surface area (TPSA) is 49.6 Å². The molecule has 1 saturated heterocycles. The van der Waals surface area contributed by atoms with Gasteiger partial charge < -0.3 is 4.90 Å². The van der Waals surface area contributed by atoms with Gasteiger partial charge in [-0.05, 0) is 38.1 Å². The highest BCUT2D eigenvalue weighted by atomic mass is 35.5. The van der Waals surface area contributed by atoms with Crippen molar-refractivity contribution in [2.75, 3.05) is 31.6 Å². The van der Waals surface area contributed by atoms with Crippen LogP contribution >= 0.6 is 11.6 Å². The largest absolute Gasteiger partial charge is 0.373 e. The molecule has 0 aromatic heterocycles. The minimum absolute atomic E-state index is 0.0956. The summed E-state index contributed by atoms with van der Waals surface area (Å²) in [7, 11) is 2.03.